The van der Waals surface area contributed by atoms with Gasteiger partial charge >= 0.3 is 59.7 Å². The first-order valence-corrected chi connectivity index (χ1v) is 38.3. The van der Waals surface area contributed by atoms with Crippen molar-refractivity contribution in [3.05, 3.63) is 180 Å². The van der Waals surface area contributed by atoms with Gasteiger partial charge in [0.25, 0.3) is 23.1 Å². The fourth-order valence-corrected chi connectivity index (χ4v) is 6.80. The lowest BCUT2D eigenvalue weighted by atomic mass is 9.75. The molecule has 0 radical (unpaired) electrons. The molecule has 0 aliphatic heterocycles. The predicted molar refractivity (Wildman–Crippen MR) is 449 cm³/mol. The first kappa shape index (κ1) is 118. The summed E-state index contributed by atoms with van der Waals surface area (Å²) >= 11 is 12.1. The second-order valence-corrected chi connectivity index (χ2v) is 28.9. The molecule has 0 saturated heterocycles. The number of alkyl halides is 3. The van der Waals surface area contributed by atoms with E-state index in [1.54, 1.807) is 149 Å². The van der Waals surface area contributed by atoms with E-state index < -0.39 is 96.3 Å². The monoisotopic (exact) mass is 1910 g/mol. The molecule has 117 heavy (non-hydrogen) atoms. The fraction of sp³-hybridized carbons (Fsp3) is 0.427. The van der Waals surface area contributed by atoms with Gasteiger partial charge in [0.1, 0.15) is 65.2 Å². The van der Waals surface area contributed by atoms with Crippen LogP contribution in [0.15, 0.2) is 158 Å². The normalized spacial score (nSPS) is 9.85. The van der Waals surface area contributed by atoms with Gasteiger partial charge in [-0.3, -0.25) is 38.4 Å². The molecule has 652 valence electrons. The number of carboxylic acids is 1. The van der Waals surface area contributed by atoms with Gasteiger partial charge in [0.2, 0.25) is 4.69 Å². The number of terminal acetylenes is 1. The summed E-state index contributed by atoms with van der Waals surface area (Å²) in [6.07, 6.45) is 5.96. The van der Waals surface area contributed by atoms with Crippen molar-refractivity contribution < 1.29 is 151 Å². The highest BCUT2D eigenvalue weighted by atomic mass is 79.9. The highest BCUT2D eigenvalue weighted by molar-refractivity contribution is 9.20. The number of aliphatic hydroxyl groups is 3. The van der Waals surface area contributed by atoms with Crippen LogP contribution in [0.4, 0.5) is 0 Å². The lowest BCUT2D eigenvalue weighted by Gasteiger charge is -2.31. The van der Waals surface area contributed by atoms with E-state index in [9.17, 15) is 71.9 Å². The Labute approximate surface area is 719 Å². The SMILES string of the molecule is C=C(C)C(=O)OCCO.C=C(C)C(=O)OCCOC(=O)C(=O)c1ccccc1.C=C(C)C(=O)OCCOC(=O)C(=O)c1ccccc1.CBr.CC(C)(Br)C(=O)Br.CO.COCCO.COCCOC(=O)C(C)(C)Br.COCCOC(=O)C(C)(C)CC(C)(C)C(=O)OCCOC(=O)C(=O)c1ccccc1.O=C(O)C(=O)c1ccccc1.[2H]C#C. The van der Waals surface area contributed by atoms with E-state index in [4.69, 9.17) is 69.2 Å². The molecule has 0 aliphatic carbocycles. The van der Waals surface area contributed by atoms with Crippen molar-refractivity contribution in [2.24, 2.45) is 10.8 Å². The molecule has 0 spiro atoms. The number of methoxy groups -OCH3 is 3. The van der Waals surface area contributed by atoms with E-state index in [1.165, 1.54) is 75.9 Å². The summed E-state index contributed by atoms with van der Waals surface area (Å²) in [5.74, 6) is -8.51. The summed E-state index contributed by atoms with van der Waals surface area (Å²) in [5.41, 5.74) is -0.0849. The molecular weight excluding hydrogens is 1800 g/mol. The zero-order valence-electron chi connectivity index (χ0n) is 69.7. The van der Waals surface area contributed by atoms with Crippen LogP contribution >= 0.6 is 63.7 Å². The first-order valence-electron chi connectivity index (χ1n) is 34.8. The highest BCUT2D eigenvalue weighted by Crippen LogP contribution is 2.36. The molecule has 0 atom stereocenters. The number of esters is 9. The average molecular weight is 1910 g/mol. The van der Waals surface area contributed by atoms with Crippen LogP contribution in [0.2, 0.25) is 0 Å². The number of hydrogen-bond acceptors (Lipinski definition) is 30. The number of Topliss-reactive ketones (excluding diaryl/α,β-unsaturated/α-hetero) is 4. The lowest BCUT2D eigenvalue weighted by molar-refractivity contribution is -0.164. The Morgan fingerprint density at radius 1 is 0.368 bits per heavy atom. The molecule has 0 unspecified atom stereocenters. The number of hydrogen-bond donors (Lipinski definition) is 4. The summed E-state index contributed by atoms with van der Waals surface area (Å²) in [7, 11) is 5.62. The molecule has 0 fully saturated rings. The number of rotatable bonds is 36. The van der Waals surface area contributed by atoms with E-state index in [1.807, 2.05) is 5.83 Å². The first-order chi connectivity index (χ1) is 55.2. The van der Waals surface area contributed by atoms with E-state index in [-0.39, 0.29) is 117 Å². The third kappa shape index (κ3) is 65.2. The number of benzene rings is 4. The van der Waals surface area contributed by atoms with Gasteiger partial charge < -0.3 is 77.3 Å². The number of aliphatic carboxylic acids is 1. The van der Waals surface area contributed by atoms with Crippen LogP contribution < -0.4 is 0 Å². The number of ether oxygens (including phenoxy) is 12. The van der Waals surface area contributed by atoms with Crippen LogP contribution in [0.25, 0.3) is 0 Å². The maximum atomic E-state index is 12.4. The summed E-state index contributed by atoms with van der Waals surface area (Å²) in [6.45, 7) is 29.1. The molecule has 0 bridgehead atoms. The molecule has 0 aliphatic rings. The minimum atomic E-state index is -1.42. The number of halogens is 4. The van der Waals surface area contributed by atoms with Crippen LogP contribution in [-0.4, -0.2) is 243 Å². The molecule has 4 N–H and O–H groups in total. The van der Waals surface area contributed by atoms with Crippen LogP contribution in [-0.2, 0) is 110 Å². The molecule has 4 aromatic carbocycles. The Morgan fingerprint density at radius 3 is 0.769 bits per heavy atom. The summed E-state index contributed by atoms with van der Waals surface area (Å²) in [4.78, 5) is 169. The molecule has 0 aromatic heterocycles. The van der Waals surface area contributed by atoms with Gasteiger partial charge in [-0.1, -0.05) is 189 Å². The number of carbonyl (C=O) groups excluding carboxylic acids is 14. The smallest absolute Gasteiger partial charge is 0.379 e. The molecule has 31 nitrogen and oxygen atoms in total. The van der Waals surface area contributed by atoms with Crippen molar-refractivity contribution in [2.75, 3.05) is 127 Å². The van der Waals surface area contributed by atoms with Gasteiger partial charge in [-0.15, -0.1) is 12.8 Å². The summed E-state index contributed by atoms with van der Waals surface area (Å²) in [6, 6.07) is 32.1. The van der Waals surface area contributed by atoms with Gasteiger partial charge in [0.05, 0.1) is 48.2 Å². The quantitative estimate of drug-likeness (QED) is 0.00378. The van der Waals surface area contributed by atoms with Crippen LogP contribution in [0.1, 0.15) is 125 Å². The van der Waals surface area contributed by atoms with E-state index in [0.717, 1.165) is 7.11 Å². The van der Waals surface area contributed by atoms with Gasteiger partial charge in [0.15, 0.2) is 0 Å². The topological polar surface area (TPSA) is 448 Å². The van der Waals surface area contributed by atoms with Gasteiger partial charge in [-0.05, 0) is 104 Å². The van der Waals surface area contributed by atoms with E-state index in [2.05, 4.69) is 99.4 Å². The van der Waals surface area contributed by atoms with Crippen molar-refractivity contribution in [1.29, 1.82) is 0 Å². The Hall–Kier alpha value is -9.61. The van der Waals surface area contributed by atoms with Gasteiger partial charge in [-0.2, -0.15) is 0 Å². The molecule has 0 heterocycles. The lowest BCUT2D eigenvalue weighted by Crippen LogP contribution is -2.37. The maximum Gasteiger partial charge on any atom is 0.379 e. The Morgan fingerprint density at radius 2 is 0.573 bits per heavy atom. The van der Waals surface area contributed by atoms with Crippen molar-refractivity contribution in [3.63, 3.8) is 0 Å². The van der Waals surface area contributed by atoms with Gasteiger partial charge in [-0.25, -0.2) is 33.6 Å². The standard InChI is InChI=1S/C22H30O8.2C14H14O5.C8H6O3.C7H13BrO3.C6H10O3.C4H6Br2O.C3H8O2.C2H2.CH3Br.CH4O/c1-21(2,19(25)29-12-11-27-5)15-22(3,4)20(26)30-14-13-28-18(24)17(23)16-9-7-6-8-10-16;2*1-10(2)13(16)18-8-9-19-14(17)12(15)11-6-4-3-5-7-11;9-7(8(10)11)6-4-2-1-3-5-6;1-7(2,8)6(9)11-5-4-10-3;1-5(2)6(8)9-4-3-7;1-4(2,6)3(5)7;1-5-3-2-4;3*1-2/h6-10H,11-15H2,1-5H3;2*3-7H,1,8-9H2,2H3;1-5H,(H,10,11);4-5H2,1-3H3;7H,1,3-4H2,2H3;1-2H3;4H,2-3H2,1H3;1-2H;1H3;2H,1H3/i;;;;;;;;1D;;. The zero-order chi connectivity index (χ0) is 92.6. The van der Waals surface area contributed by atoms with Crippen molar-refractivity contribution in [3.8, 4) is 12.8 Å². The highest BCUT2D eigenvalue weighted by Gasteiger charge is 2.41. The fourth-order valence-electron chi connectivity index (χ4n) is 6.68. The van der Waals surface area contributed by atoms with Crippen LogP contribution in [0.5, 0.6) is 0 Å². The minimum absolute atomic E-state index is 0.0278. The number of ketones is 4. The Bertz CT molecular complexity index is 3610. The van der Waals surface area contributed by atoms with E-state index in [0.29, 0.717) is 32.0 Å². The maximum absolute atomic E-state index is 12.4. The second-order valence-electron chi connectivity index (χ2n) is 24.2. The van der Waals surface area contributed by atoms with Crippen LogP contribution in [0.3, 0.4) is 0 Å². The minimum Gasteiger partial charge on any atom is -0.475 e. The van der Waals surface area contributed by atoms with Crippen LogP contribution in [0, 0.1) is 23.7 Å². The third-order valence-corrected chi connectivity index (χ3v) is 14.4. The second kappa shape index (κ2) is 72.8. The largest absolute Gasteiger partial charge is 0.475 e. The number of carboxylic acid groups (broad SMARTS) is 1. The molecule has 4 aromatic rings. The van der Waals surface area contributed by atoms with Crippen molar-refractivity contribution in [2.45, 2.75) is 91.2 Å². The molecular formula is C82H110Br4O31. The average Bonchev–Trinajstić information content (AvgIpc) is 0.824. The summed E-state index contributed by atoms with van der Waals surface area (Å²) < 4.78 is 62.0. The number of aliphatic hydroxyl groups excluding tert-OH is 3. The molecule has 0 saturated carbocycles. The van der Waals surface area contributed by atoms with E-state index >= 15 is 0 Å². The zero-order valence-corrected chi connectivity index (χ0v) is 75.0. The molecule has 0 amide bonds. The molecule has 4 rings (SSSR count). The number of carbonyl (C=O) groups is 15. The predicted octanol–water partition coefficient (Wildman–Crippen LogP) is 10.6. The summed E-state index contributed by atoms with van der Waals surface area (Å²) in [5, 5.41) is 31.4. The third-order valence-electron chi connectivity index (χ3n) is 12.2. The van der Waals surface area contributed by atoms with Crippen molar-refractivity contribution >= 4 is 151 Å². The van der Waals surface area contributed by atoms with Gasteiger partial charge in [0, 0.05) is 67.4 Å². The van der Waals surface area contributed by atoms with Crippen molar-refractivity contribution in [1.82, 2.24) is 0 Å². The molecule has 35 heteroatoms. The Balaban J connectivity index is -0.000000248. The Kier molecular flexibility index (Phi) is 73.6.